The lowest BCUT2D eigenvalue weighted by Gasteiger charge is -2.29. The van der Waals surface area contributed by atoms with Crippen molar-refractivity contribution in [2.24, 2.45) is 11.1 Å². The Morgan fingerprint density at radius 3 is 2.58 bits per heavy atom. The molecule has 1 aliphatic carbocycles. The Hall–Kier alpha value is -2.67. The molecular formula is C24H29N3O3S. The quantitative estimate of drug-likeness (QED) is 0.734. The number of nitrogens with one attached hydrogen (secondary N) is 1. The molecule has 0 bridgehead atoms. The zero-order valence-corrected chi connectivity index (χ0v) is 18.9. The van der Waals surface area contributed by atoms with Crippen molar-refractivity contribution in [1.82, 2.24) is 4.90 Å². The van der Waals surface area contributed by atoms with Crippen LogP contribution in [0, 0.1) is 5.41 Å². The van der Waals surface area contributed by atoms with E-state index in [-0.39, 0.29) is 17.2 Å². The van der Waals surface area contributed by atoms with Crippen molar-refractivity contribution >= 4 is 34.1 Å². The van der Waals surface area contributed by atoms with Crippen molar-refractivity contribution < 1.29 is 14.4 Å². The van der Waals surface area contributed by atoms with Gasteiger partial charge in [0.2, 0.25) is 5.91 Å². The normalized spacial score (nSPS) is 17.9. The van der Waals surface area contributed by atoms with Gasteiger partial charge < -0.3 is 16.0 Å². The fourth-order valence-corrected chi connectivity index (χ4v) is 5.95. The second kappa shape index (κ2) is 8.46. The third-order valence-electron chi connectivity index (χ3n) is 6.27. The smallest absolute Gasteiger partial charge is 0.256 e. The van der Waals surface area contributed by atoms with E-state index in [2.05, 4.69) is 19.2 Å². The first-order valence-corrected chi connectivity index (χ1v) is 11.7. The first kappa shape index (κ1) is 21.6. The van der Waals surface area contributed by atoms with Gasteiger partial charge in [0.1, 0.15) is 5.00 Å². The van der Waals surface area contributed by atoms with Crippen molar-refractivity contribution in [3.05, 3.63) is 51.4 Å². The lowest BCUT2D eigenvalue weighted by atomic mass is 9.77. The topological polar surface area (TPSA) is 92.5 Å². The van der Waals surface area contributed by atoms with Gasteiger partial charge in [0.05, 0.1) is 5.56 Å². The summed E-state index contributed by atoms with van der Waals surface area (Å²) in [5, 5.41) is 3.46. The molecule has 7 heteroatoms. The van der Waals surface area contributed by atoms with Crippen LogP contribution in [-0.4, -0.2) is 29.2 Å². The van der Waals surface area contributed by atoms with Crippen molar-refractivity contribution in [1.29, 1.82) is 0 Å². The number of hydrogen-bond acceptors (Lipinski definition) is 4. The lowest BCUT2D eigenvalue weighted by molar-refractivity contribution is -0.133. The fraction of sp³-hybridized carbons (Fsp3) is 0.458. The molecule has 6 nitrogen and oxygen atoms in total. The summed E-state index contributed by atoms with van der Waals surface area (Å²) in [4.78, 5) is 40.0. The van der Waals surface area contributed by atoms with E-state index in [0.29, 0.717) is 29.1 Å². The number of thiophene rings is 1. The van der Waals surface area contributed by atoms with E-state index in [1.807, 2.05) is 17.0 Å². The van der Waals surface area contributed by atoms with Crippen LogP contribution in [0.15, 0.2) is 24.3 Å². The molecule has 1 saturated heterocycles. The van der Waals surface area contributed by atoms with Crippen LogP contribution < -0.4 is 11.1 Å². The van der Waals surface area contributed by atoms with Crippen molar-refractivity contribution in [3.63, 3.8) is 0 Å². The van der Waals surface area contributed by atoms with Gasteiger partial charge in [-0.3, -0.25) is 14.4 Å². The van der Waals surface area contributed by atoms with Crippen LogP contribution in [0.3, 0.4) is 0 Å². The number of anilines is 1. The Morgan fingerprint density at radius 1 is 1.16 bits per heavy atom. The molecule has 1 aliphatic heterocycles. The maximum atomic E-state index is 12.9. The molecule has 2 aliphatic rings. The maximum Gasteiger partial charge on any atom is 0.256 e. The lowest BCUT2D eigenvalue weighted by Crippen LogP contribution is -2.34. The summed E-state index contributed by atoms with van der Waals surface area (Å²) in [5.41, 5.74) is 8.81. The molecule has 1 fully saturated rings. The second-order valence-electron chi connectivity index (χ2n) is 9.34. The number of nitrogens with zero attached hydrogens (tertiary/aromatic N) is 1. The van der Waals surface area contributed by atoms with Crippen LogP contribution in [0.25, 0.3) is 0 Å². The molecule has 0 spiro atoms. The highest BCUT2D eigenvalue weighted by molar-refractivity contribution is 7.17. The van der Waals surface area contributed by atoms with Gasteiger partial charge in [0.25, 0.3) is 11.8 Å². The van der Waals surface area contributed by atoms with Crippen molar-refractivity contribution in [2.75, 3.05) is 11.9 Å². The van der Waals surface area contributed by atoms with E-state index in [1.54, 1.807) is 12.1 Å². The third kappa shape index (κ3) is 4.66. The van der Waals surface area contributed by atoms with E-state index in [1.165, 1.54) is 11.3 Å². The molecule has 164 valence electrons. The molecular weight excluding hydrogens is 410 g/mol. The van der Waals surface area contributed by atoms with Crippen LogP contribution in [0.4, 0.5) is 5.00 Å². The molecule has 0 unspecified atom stereocenters. The SMILES string of the molecule is CC1(C)CCc2c(sc(NC(=O)c3ccc(CN4CCCCC4=O)cc3)c2C(N)=O)C1. The highest BCUT2D eigenvalue weighted by Gasteiger charge is 2.32. The first-order chi connectivity index (χ1) is 14.7. The zero-order chi connectivity index (χ0) is 22.2. The van der Waals surface area contributed by atoms with Gasteiger partial charge in [0.15, 0.2) is 0 Å². The number of carbonyl (C=O) groups is 3. The number of piperidine rings is 1. The Balaban J connectivity index is 1.49. The van der Waals surface area contributed by atoms with Gasteiger partial charge in [-0.2, -0.15) is 0 Å². The van der Waals surface area contributed by atoms with Gasteiger partial charge in [-0.05, 0) is 60.8 Å². The van der Waals surface area contributed by atoms with Crippen LogP contribution in [0.2, 0.25) is 0 Å². The van der Waals surface area contributed by atoms with E-state index < -0.39 is 5.91 Å². The number of rotatable bonds is 5. The fourth-order valence-electron chi connectivity index (χ4n) is 4.44. The molecule has 3 amide bonds. The Morgan fingerprint density at radius 2 is 1.90 bits per heavy atom. The van der Waals surface area contributed by atoms with Gasteiger partial charge in [-0.25, -0.2) is 0 Å². The van der Waals surface area contributed by atoms with Gasteiger partial charge in [-0.15, -0.1) is 11.3 Å². The maximum absolute atomic E-state index is 12.9. The van der Waals surface area contributed by atoms with E-state index in [4.69, 9.17) is 5.73 Å². The minimum atomic E-state index is -0.492. The van der Waals surface area contributed by atoms with Gasteiger partial charge >= 0.3 is 0 Å². The third-order valence-corrected chi connectivity index (χ3v) is 7.41. The number of likely N-dealkylation sites (tertiary alicyclic amines) is 1. The predicted octanol–water partition coefficient (Wildman–Crippen LogP) is 4.13. The molecule has 0 saturated carbocycles. The molecule has 0 radical (unpaired) electrons. The molecule has 3 N–H and O–H groups in total. The number of primary amides is 1. The van der Waals surface area contributed by atoms with Crippen molar-refractivity contribution in [2.45, 2.75) is 58.9 Å². The summed E-state index contributed by atoms with van der Waals surface area (Å²) in [6, 6.07) is 7.29. The second-order valence-corrected chi connectivity index (χ2v) is 10.4. The Kier molecular flexibility index (Phi) is 5.88. The van der Waals surface area contributed by atoms with Gasteiger partial charge in [0, 0.05) is 30.0 Å². The molecule has 0 atom stereocenters. The Labute approximate surface area is 186 Å². The largest absolute Gasteiger partial charge is 0.365 e. The highest BCUT2D eigenvalue weighted by Crippen LogP contribution is 2.43. The van der Waals surface area contributed by atoms with E-state index in [0.717, 1.165) is 54.7 Å². The van der Waals surface area contributed by atoms with Crippen molar-refractivity contribution in [3.8, 4) is 0 Å². The standard InChI is InChI=1S/C24H29N3O3S/c1-24(2)11-10-17-18(13-24)31-23(20(17)21(25)29)26-22(30)16-8-6-15(7-9-16)14-27-12-4-3-5-19(27)28/h6-9H,3-5,10-14H2,1-2H3,(H2,25,29)(H,26,30). The van der Waals surface area contributed by atoms with E-state index in [9.17, 15) is 14.4 Å². The van der Waals surface area contributed by atoms with Crippen LogP contribution >= 0.6 is 11.3 Å². The summed E-state index contributed by atoms with van der Waals surface area (Å²) in [6.45, 7) is 5.80. The summed E-state index contributed by atoms with van der Waals surface area (Å²) in [6.07, 6.45) is 5.29. The average Bonchev–Trinajstić information content (AvgIpc) is 3.06. The molecule has 1 aromatic heterocycles. The molecule has 31 heavy (non-hydrogen) atoms. The number of carbonyl (C=O) groups excluding carboxylic acids is 3. The first-order valence-electron chi connectivity index (χ1n) is 10.9. The minimum absolute atomic E-state index is 0.180. The molecule has 1 aromatic carbocycles. The van der Waals surface area contributed by atoms with Crippen LogP contribution in [0.1, 0.15) is 76.3 Å². The number of hydrogen-bond donors (Lipinski definition) is 2. The van der Waals surface area contributed by atoms with Crippen LogP contribution in [0.5, 0.6) is 0 Å². The molecule has 4 rings (SSSR count). The summed E-state index contributed by atoms with van der Waals surface area (Å²) in [7, 11) is 0. The Bertz CT molecular complexity index is 1020. The predicted molar refractivity (Wildman–Crippen MR) is 122 cm³/mol. The van der Waals surface area contributed by atoms with Gasteiger partial charge in [-0.1, -0.05) is 26.0 Å². The minimum Gasteiger partial charge on any atom is -0.365 e. The van der Waals surface area contributed by atoms with Crippen LogP contribution in [-0.2, 0) is 24.2 Å². The number of fused-ring (bicyclic) bond motifs is 1. The van der Waals surface area contributed by atoms with E-state index >= 15 is 0 Å². The number of benzene rings is 1. The monoisotopic (exact) mass is 439 g/mol. The summed E-state index contributed by atoms with van der Waals surface area (Å²) < 4.78 is 0. The molecule has 2 aromatic rings. The molecule has 2 heterocycles. The summed E-state index contributed by atoms with van der Waals surface area (Å²) in [5.74, 6) is -0.563. The number of nitrogens with two attached hydrogens (primary N) is 1. The zero-order valence-electron chi connectivity index (χ0n) is 18.1. The average molecular weight is 440 g/mol. The summed E-state index contributed by atoms with van der Waals surface area (Å²) >= 11 is 1.47. The highest BCUT2D eigenvalue weighted by atomic mass is 32.1. The number of amides is 3.